The number of hydrogen-bond acceptors (Lipinski definition) is 4. The van der Waals surface area contributed by atoms with Crippen molar-refractivity contribution in [2.24, 2.45) is 4.99 Å². The zero-order chi connectivity index (χ0) is 21.2. The number of ether oxygens (including phenoxy) is 1. The first-order chi connectivity index (χ1) is 13.1. The van der Waals surface area contributed by atoms with Crippen LogP contribution >= 0.6 is 24.0 Å². The largest absolute Gasteiger partial charge is 0.444 e. The summed E-state index contributed by atoms with van der Waals surface area (Å²) in [4.78, 5) is 19.4. The van der Waals surface area contributed by atoms with Crippen LogP contribution in [0.4, 0.5) is 4.79 Å². The topological polar surface area (TPSA) is 78.0 Å². The number of amides is 1. The van der Waals surface area contributed by atoms with Gasteiger partial charge >= 0.3 is 6.09 Å². The summed E-state index contributed by atoms with van der Waals surface area (Å²) in [7, 11) is 0. The number of guanidine groups is 1. The van der Waals surface area contributed by atoms with E-state index in [0.717, 1.165) is 51.3 Å². The highest BCUT2D eigenvalue weighted by Crippen LogP contribution is 2.13. The Hall–Kier alpha value is -0.770. The molecule has 1 aliphatic rings. The lowest BCUT2D eigenvalue weighted by atomic mass is 10.0. The van der Waals surface area contributed by atoms with Crippen LogP contribution in [-0.2, 0) is 4.74 Å². The molecule has 1 heterocycles. The predicted octanol–water partition coefficient (Wildman–Crippen LogP) is 3.73. The van der Waals surface area contributed by atoms with Crippen molar-refractivity contribution in [1.82, 2.24) is 20.9 Å². The van der Waals surface area contributed by atoms with Crippen LogP contribution in [0.2, 0.25) is 0 Å². The van der Waals surface area contributed by atoms with Crippen LogP contribution in [0, 0.1) is 0 Å². The Labute approximate surface area is 195 Å². The highest BCUT2D eigenvalue weighted by atomic mass is 127. The summed E-state index contributed by atoms with van der Waals surface area (Å²) >= 11 is 0. The van der Waals surface area contributed by atoms with Gasteiger partial charge in [-0.1, -0.05) is 13.3 Å². The standard InChI is InChI=1S/C21H43N5O2.HI/c1-8-10-18(25-20(27)28-21(5,6)7)15-23-19(22-9-2)24-17-11-13-26(14-12-17)16(3)4;/h16-18H,8-15H2,1-7H3,(H,25,27)(H2,22,23,24);1H. The van der Waals surface area contributed by atoms with E-state index < -0.39 is 5.60 Å². The molecular weight excluding hydrogens is 481 g/mol. The lowest BCUT2D eigenvalue weighted by Crippen LogP contribution is -2.50. The Morgan fingerprint density at radius 3 is 2.31 bits per heavy atom. The van der Waals surface area contributed by atoms with Crippen molar-refractivity contribution in [2.75, 3.05) is 26.2 Å². The molecule has 1 rings (SSSR count). The minimum absolute atomic E-state index is 0. The van der Waals surface area contributed by atoms with Gasteiger partial charge in [-0.3, -0.25) is 4.99 Å². The monoisotopic (exact) mass is 525 g/mol. The maximum Gasteiger partial charge on any atom is 0.407 e. The van der Waals surface area contributed by atoms with Crippen molar-refractivity contribution in [3.05, 3.63) is 0 Å². The molecule has 0 radical (unpaired) electrons. The van der Waals surface area contributed by atoms with E-state index in [4.69, 9.17) is 9.73 Å². The zero-order valence-electron chi connectivity index (χ0n) is 19.5. The van der Waals surface area contributed by atoms with Crippen molar-refractivity contribution in [3.8, 4) is 0 Å². The Balaban J connectivity index is 0.00000784. The van der Waals surface area contributed by atoms with Gasteiger partial charge in [0.1, 0.15) is 5.60 Å². The third kappa shape index (κ3) is 12.5. The summed E-state index contributed by atoms with van der Waals surface area (Å²) in [6, 6.07) is 1.02. The van der Waals surface area contributed by atoms with Crippen molar-refractivity contribution in [2.45, 2.75) is 97.9 Å². The molecule has 8 heteroatoms. The van der Waals surface area contributed by atoms with Crippen LogP contribution in [0.3, 0.4) is 0 Å². The first-order valence-corrected chi connectivity index (χ1v) is 10.9. The highest BCUT2D eigenvalue weighted by molar-refractivity contribution is 14.0. The second-order valence-electron chi connectivity index (χ2n) is 8.90. The number of nitrogens with zero attached hydrogens (tertiary/aromatic N) is 2. The first-order valence-electron chi connectivity index (χ1n) is 10.9. The molecule has 7 nitrogen and oxygen atoms in total. The zero-order valence-corrected chi connectivity index (χ0v) is 21.8. The van der Waals surface area contributed by atoms with Gasteiger partial charge in [-0.25, -0.2) is 4.79 Å². The number of piperidine rings is 1. The molecular formula is C21H44IN5O2. The summed E-state index contributed by atoms with van der Waals surface area (Å²) in [5.41, 5.74) is -0.495. The summed E-state index contributed by atoms with van der Waals surface area (Å²) < 4.78 is 5.39. The number of alkyl carbamates (subject to hydrolysis) is 1. The smallest absolute Gasteiger partial charge is 0.407 e. The maximum atomic E-state index is 12.1. The van der Waals surface area contributed by atoms with Crippen molar-refractivity contribution in [3.63, 3.8) is 0 Å². The molecule has 0 spiro atoms. The number of nitrogens with one attached hydrogen (secondary N) is 3. The van der Waals surface area contributed by atoms with Gasteiger partial charge in [0, 0.05) is 31.7 Å². The van der Waals surface area contributed by atoms with E-state index in [9.17, 15) is 4.79 Å². The molecule has 1 atom stereocenters. The van der Waals surface area contributed by atoms with Crippen LogP contribution in [0.1, 0.15) is 74.1 Å². The van der Waals surface area contributed by atoms with E-state index in [0.29, 0.717) is 18.6 Å². The summed E-state index contributed by atoms with van der Waals surface area (Å²) in [6.07, 6.45) is 3.72. The number of carbonyl (C=O) groups excluding carboxylic acids is 1. The molecule has 29 heavy (non-hydrogen) atoms. The lowest BCUT2D eigenvalue weighted by molar-refractivity contribution is 0.0503. The molecule has 0 saturated carbocycles. The third-order valence-electron chi connectivity index (χ3n) is 4.77. The predicted molar refractivity (Wildman–Crippen MR) is 132 cm³/mol. The number of aliphatic imine (C=N–C) groups is 1. The average Bonchev–Trinajstić information content (AvgIpc) is 2.58. The summed E-state index contributed by atoms with van der Waals surface area (Å²) in [6.45, 7) is 17.9. The molecule has 0 aromatic heterocycles. The van der Waals surface area contributed by atoms with Crippen LogP contribution in [0.5, 0.6) is 0 Å². The molecule has 1 fully saturated rings. The molecule has 1 amide bonds. The molecule has 0 aliphatic carbocycles. The van der Waals surface area contributed by atoms with Gasteiger partial charge in [-0.05, 0) is 60.8 Å². The molecule has 0 aromatic rings. The molecule has 1 saturated heterocycles. The molecule has 1 aliphatic heterocycles. The van der Waals surface area contributed by atoms with Gasteiger partial charge in [0.25, 0.3) is 0 Å². The van der Waals surface area contributed by atoms with E-state index in [1.807, 2.05) is 20.8 Å². The fourth-order valence-corrected chi connectivity index (χ4v) is 3.31. The van der Waals surface area contributed by atoms with E-state index in [1.165, 1.54) is 0 Å². The van der Waals surface area contributed by atoms with E-state index in [2.05, 4.69) is 48.5 Å². The number of hydrogen-bond donors (Lipinski definition) is 3. The van der Waals surface area contributed by atoms with Gasteiger partial charge < -0.3 is 25.6 Å². The molecule has 3 N–H and O–H groups in total. The van der Waals surface area contributed by atoms with Crippen LogP contribution in [-0.4, -0.2) is 66.9 Å². The number of halogens is 1. The molecule has 0 aromatic carbocycles. The fraction of sp³-hybridized carbons (Fsp3) is 0.905. The van der Waals surface area contributed by atoms with Gasteiger partial charge in [0.15, 0.2) is 5.96 Å². The summed E-state index contributed by atoms with van der Waals surface area (Å²) in [5, 5.41) is 9.87. The van der Waals surface area contributed by atoms with E-state index >= 15 is 0 Å². The quantitative estimate of drug-likeness (QED) is 0.256. The highest BCUT2D eigenvalue weighted by Gasteiger charge is 2.22. The van der Waals surface area contributed by atoms with Crippen molar-refractivity contribution in [1.29, 1.82) is 0 Å². The number of likely N-dealkylation sites (tertiary alicyclic amines) is 1. The second kappa shape index (κ2) is 14.3. The van der Waals surface area contributed by atoms with E-state index in [-0.39, 0.29) is 36.1 Å². The van der Waals surface area contributed by atoms with Gasteiger partial charge in [0.2, 0.25) is 0 Å². The van der Waals surface area contributed by atoms with Gasteiger partial charge in [-0.2, -0.15) is 0 Å². The fourth-order valence-electron chi connectivity index (χ4n) is 3.31. The van der Waals surface area contributed by atoms with Gasteiger partial charge in [0.05, 0.1) is 12.6 Å². The second-order valence-corrected chi connectivity index (χ2v) is 8.90. The number of rotatable bonds is 8. The SMILES string of the molecule is CCCC(CN=C(NCC)NC1CCN(C(C)C)CC1)NC(=O)OC(C)(C)C.I. The summed E-state index contributed by atoms with van der Waals surface area (Å²) in [5.74, 6) is 0.831. The average molecular weight is 526 g/mol. The van der Waals surface area contributed by atoms with E-state index in [1.54, 1.807) is 0 Å². The molecule has 0 bridgehead atoms. The Morgan fingerprint density at radius 2 is 1.83 bits per heavy atom. The van der Waals surface area contributed by atoms with Crippen LogP contribution in [0.25, 0.3) is 0 Å². The Bertz CT molecular complexity index is 486. The molecule has 1 unspecified atom stereocenters. The third-order valence-corrected chi connectivity index (χ3v) is 4.77. The number of carbonyl (C=O) groups is 1. The minimum Gasteiger partial charge on any atom is -0.444 e. The lowest BCUT2D eigenvalue weighted by Gasteiger charge is -2.35. The maximum absolute atomic E-state index is 12.1. The Kier molecular flexibility index (Phi) is 13.9. The normalized spacial score (nSPS) is 17.4. The molecule has 172 valence electrons. The van der Waals surface area contributed by atoms with Crippen LogP contribution < -0.4 is 16.0 Å². The van der Waals surface area contributed by atoms with Crippen LogP contribution in [0.15, 0.2) is 4.99 Å². The minimum atomic E-state index is -0.495. The van der Waals surface area contributed by atoms with Crippen molar-refractivity contribution >= 4 is 36.0 Å². The van der Waals surface area contributed by atoms with Gasteiger partial charge in [-0.15, -0.1) is 24.0 Å². The Morgan fingerprint density at radius 1 is 1.21 bits per heavy atom. The first kappa shape index (κ1) is 28.2. The van der Waals surface area contributed by atoms with Crippen molar-refractivity contribution < 1.29 is 9.53 Å².